The lowest BCUT2D eigenvalue weighted by molar-refractivity contribution is -0.137. The molecule has 4 nitrogen and oxygen atoms in total. The van der Waals surface area contributed by atoms with Crippen molar-refractivity contribution in [2.75, 3.05) is 6.54 Å². The number of hydrogen-bond donors (Lipinski definition) is 2. The third-order valence-electron chi connectivity index (χ3n) is 2.80. The van der Waals surface area contributed by atoms with Crippen LogP contribution in [0.1, 0.15) is 64.2 Å². The predicted molar refractivity (Wildman–Crippen MR) is 67.9 cm³/mol. The molecule has 0 heterocycles. The minimum atomic E-state index is -0.686. The fourth-order valence-corrected chi connectivity index (χ4v) is 1.80. The highest BCUT2D eigenvalue weighted by atomic mass is 16.4. The van der Waals surface area contributed by atoms with Crippen LogP contribution in [-0.4, -0.2) is 24.0 Å². The fourth-order valence-electron chi connectivity index (χ4n) is 1.80. The first kappa shape index (κ1) is 15.9. The van der Waals surface area contributed by atoms with Gasteiger partial charge in [-0.3, -0.25) is 9.59 Å². The number of carboxylic acids is 1. The van der Waals surface area contributed by atoms with Crippen molar-refractivity contribution >= 4 is 12.4 Å². The molecule has 0 saturated heterocycles. The molecule has 0 atom stereocenters. The number of rotatable bonds is 13. The van der Waals surface area contributed by atoms with Gasteiger partial charge >= 0.3 is 5.97 Å². The van der Waals surface area contributed by atoms with Crippen LogP contribution in [0.3, 0.4) is 0 Å². The van der Waals surface area contributed by atoms with Crippen LogP contribution in [0.4, 0.5) is 0 Å². The highest BCUT2D eigenvalue weighted by Crippen LogP contribution is 2.10. The summed E-state index contributed by atoms with van der Waals surface area (Å²) in [5, 5.41) is 11.1. The van der Waals surface area contributed by atoms with Gasteiger partial charge in [-0.1, -0.05) is 44.9 Å². The zero-order chi connectivity index (χ0) is 12.8. The normalized spacial score (nSPS) is 10.1. The Kier molecular flexibility index (Phi) is 12.2. The molecule has 0 aromatic heterocycles. The second-order valence-corrected chi connectivity index (χ2v) is 4.40. The van der Waals surface area contributed by atoms with Crippen LogP contribution in [0.5, 0.6) is 0 Å². The number of carboxylic acid groups (broad SMARTS) is 1. The summed E-state index contributed by atoms with van der Waals surface area (Å²) in [4.78, 5) is 20.2. The van der Waals surface area contributed by atoms with Gasteiger partial charge in [-0.15, -0.1) is 0 Å². The molecule has 0 saturated carbocycles. The summed E-state index contributed by atoms with van der Waals surface area (Å²) in [6, 6.07) is 0. The molecule has 1 amide bonds. The van der Waals surface area contributed by atoms with Crippen LogP contribution in [0.15, 0.2) is 0 Å². The standard InChI is InChI=1S/C13H25NO3/c15-12-14-11-9-7-5-3-1-2-4-6-8-10-13(16)17/h12H,1-11H2,(H,14,15)(H,16,17). The Bertz CT molecular complexity index is 195. The van der Waals surface area contributed by atoms with E-state index in [4.69, 9.17) is 5.11 Å². The lowest BCUT2D eigenvalue weighted by Gasteiger charge is -2.02. The van der Waals surface area contributed by atoms with Crippen LogP contribution in [0.2, 0.25) is 0 Å². The molecule has 0 bridgehead atoms. The second kappa shape index (κ2) is 13.0. The number of nitrogens with one attached hydrogen (secondary N) is 1. The molecule has 17 heavy (non-hydrogen) atoms. The first-order chi connectivity index (χ1) is 8.27. The Hall–Kier alpha value is -1.06. The number of amides is 1. The van der Waals surface area contributed by atoms with E-state index in [9.17, 15) is 9.59 Å². The number of carbonyl (C=O) groups is 2. The molecule has 0 aliphatic rings. The molecule has 2 N–H and O–H groups in total. The lowest BCUT2D eigenvalue weighted by Crippen LogP contribution is -2.11. The monoisotopic (exact) mass is 243 g/mol. The molecule has 4 heteroatoms. The summed E-state index contributed by atoms with van der Waals surface area (Å²) in [7, 11) is 0. The molecular weight excluding hydrogens is 218 g/mol. The van der Waals surface area contributed by atoms with E-state index in [0.717, 1.165) is 38.6 Å². The Morgan fingerprint density at radius 3 is 1.82 bits per heavy atom. The van der Waals surface area contributed by atoms with E-state index in [1.54, 1.807) is 0 Å². The van der Waals surface area contributed by atoms with Gasteiger partial charge in [-0.05, 0) is 12.8 Å². The van der Waals surface area contributed by atoms with E-state index < -0.39 is 5.97 Å². The van der Waals surface area contributed by atoms with E-state index in [1.165, 1.54) is 32.1 Å². The molecule has 0 aromatic carbocycles. The fraction of sp³-hybridized carbons (Fsp3) is 0.846. The maximum Gasteiger partial charge on any atom is 0.303 e. The first-order valence-corrected chi connectivity index (χ1v) is 6.66. The smallest absolute Gasteiger partial charge is 0.303 e. The van der Waals surface area contributed by atoms with Gasteiger partial charge < -0.3 is 10.4 Å². The minimum absolute atomic E-state index is 0.309. The van der Waals surface area contributed by atoms with Crippen LogP contribution in [0, 0.1) is 0 Å². The summed E-state index contributed by atoms with van der Waals surface area (Å²) in [6.45, 7) is 0.790. The highest BCUT2D eigenvalue weighted by molar-refractivity contribution is 5.66. The maximum atomic E-state index is 10.3. The average molecular weight is 243 g/mol. The van der Waals surface area contributed by atoms with Crippen LogP contribution < -0.4 is 5.32 Å². The molecule has 0 aliphatic heterocycles. The van der Waals surface area contributed by atoms with Crippen molar-refractivity contribution < 1.29 is 14.7 Å². The molecule has 0 unspecified atom stereocenters. The molecule has 0 aromatic rings. The van der Waals surface area contributed by atoms with E-state index in [1.807, 2.05) is 0 Å². The number of aliphatic carboxylic acids is 1. The van der Waals surface area contributed by atoms with Gasteiger partial charge in [-0.25, -0.2) is 0 Å². The largest absolute Gasteiger partial charge is 0.481 e. The molecule has 0 rings (SSSR count). The SMILES string of the molecule is O=CNCCCCCCCCCCCC(=O)O. The van der Waals surface area contributed by atoms with Crippen molar-refractivity contribution in [2.24, 2.45) is 0 Å². The molecule has 0 radical (unpaired) electrons. The summed E-state index contributed by atoms with van der Waals surface area (Å²) in [6.07, 6.45) is 11.2. The van der Waals surface area contributed by atoms with Gasteiger partial charge in [0, 0.05) is 13.0 Å². The van der Waals surface area contributed by atoms with Gasteiger partial charge in [0.15, 0.2) is 0 Å². The summed E-state index contributed by atoms with van der Waals surface area (Å²) in [5.74, 6) is -0.686. The Labute approximate surface area is 104 Å². The van der Waals surface area contributed by atoms with Gasteiger partial charge in [0.25, 0.3) is 0 Å². The number of unbranched alkanes of at least 4 members (excludes halogenated alkanes) is 8. The van der Waals surface area contributed by atoms with Crippen molar-refractivity contribution in [2.45, 2.75) is 64.2 Å². The molecule has 0 fully saturated rings. The van der Waals surface area contributed by atoms with E-state index in [2.05, 4.69) is 5.32 Å². The van der Waals surface area contributed by atoms with E-state index in [-0.39, 0.29) is 0 Å². The first-order valence-electron chi connectivity index (χ1n) is 6.66. The zero-order valence-electron chi connectivity index (χ0n) is 10.6. The van der Waals surface area contributed by atoms with Crippen LogP contribution in [0.25, 0.3) is 0 Å². The van der Waals surface area contributed by atoms with Crippen molar-refractivity contribution in [3.8, 4) is 0 Å². The van der Waals surface area contributed by atoms with Crippen LogP contribution in [-0.2, 0) is 9.59 Å². The van der Waals surface area contributed by atoms with Crippen molar-refractivity contribution in [3.63, 3.8) is 0 Å². The zero-order valence-corrected chi connectivity index (χ0v) is 10.6. The van der Waals surface area contributed by atoms with Gasteiger partial charge in [0.1, 0.15) is 0 Å². The van der Waals surface area contributed by atoms with E-state index in [0.29, 0.717) is 6.42 Å². The quantitative estimate of drug-likeness (QED) is 0.386. The van der Waals surface area contributed by atoms with Gasteiger partial charge in [0.05, 0.1) is 0 Å². The molecule has 0 aliphatic carbocycles. The molecule has 0 spiro atoms. The minimum Gasteiger partial charge on any atom is -0.481 e. The van der Waals surface area contributed by atoms with Gasteiger partial charge in [0.2, 0.25) is 6.41 Å². The number of carbonyl (C=O) groups excluding carboxylic acids is 1. The third-order valence-corrected chi connectivity index (χ3v) is 2.80. The Morgan fingerprint density at radius 2 is 1.35 bits per heavy atom. The topological polar surface area (TPSA) is 66.4 Å². The predicted octanol–water partition coefficient (Wildman–Crippen LogP) is 2.72. The highest BCUT2D eigenvalue weighted by Gasteiger charge is 1.96. The lowest BCUT2D eigenvalue weighted by atomic mass is 10.1. The van der Waals surface area contributed by atoms with Crippen molar-refractivity contribution in [3.05, 3.63) is 0 Å². The average Bonchev–Trinajstić information content (AvgIpc) is 2.30. The maximum absolute atomic E-state index is 10.3. The van der Waals surface area contributed by atoms with Gasteiger partial charge in [-0.2, -0.15) is 0 Å². The Balaban J connectivity index is 2.94. The van der Waals surface area contributed by atoms with Crippen molar-refractivity contribution in [1.29, 1.82) is 0 Å². The second-order valence-electron chi connectivity index (χ2n) is 4.40. The number of hydrogen-bond acceptors (Lipinski definition) is 2. The van der Waals surface area contributed by atoms with Crippen LogP contribution >= 0.6 is 0 Å². The summed E-state index contributed by atoms with van der Waals surface area (Å²) in [5.41, 5.74) is 0. The molecular formula is C13H25NO3. The summed E-state index contributed by atoms with van der Waals surface area (Å²) >= 11 is 0. The van der Waals surface area contributed by atoms with E-state index >= 15 is 0 Å². The Morgan fingerprint density at radius 1 is 0.882 bits per heavy atom. The summed E-state index contributed by atoms with van der Waals surface area (Å²) < 4.78 is 0. The molecule has 100 valence electrons. The van der Waals surface area contributed by atoms with Crippen molar-refractivity contribution in [1.82, 2.24) is 5.32 Å². The third kappa shape index (κ3) is 14.9.